The molecule has 0 fully saturated rings. The Kier molecular flexibility index (Phi) is 6.01. The molecule has 2 aromatic rings. The van der Waals surface area contributed by atoms with Crippen molar-refractivity contribution >= 4 is 17.7 Å². The first kappa shape index (κ1) is 17.6. The molecule has 0 spiro atoms. The van der Waals surface area contributed by atoms with Gasteiger partial charge in [0.05, 0.1) is 13.7 Å². The van der Waals surface area contributed by atoms with Gasteiger partial charge in [0.1, 0.15) is 0 Å². The monoisotopic (exact) mass is 325 g/mol. The summed E-state index contributed by atoms with van der Waals surface area (Å²) < 4.78 is 10.8. The predicted octanol–water partition coefficient (Wildman–Crippen LogP) is 4.36. The first-order valence-corrected chi connectivity index (χ1v) is 7.91. The van der Waals surface area contributed by atoms with Gasteiger partial charge in [-0.2, -0.15) is 0 Å². The van der Waals surface area contributed by atoms with Crippen molar-refractivity contribution in [1.82, 2.24) is 0 Å². The summed E-state index contributed by atoms with van der Waals surface area (Å²) in [6.07, 6.45) is 3.26. The fourth-order valence-electron chi connectivity index (χ4n) is 2.30. The molecule has 0 heterocycles. The van der Waals surface area contributed by atoms with Gasteiger partial charge in [-0.25, -0.2) is 0 Å². The molecule has 0 aliphatic rings. The summed E-state index contributed by atoms with van der Waals surface area (Å²) in [5, 5.41) is 2.90. The van der Waals surface area contributed by atoms with Crippen molar-refractivity contribution in [3.8, 4) is 11.5 Å². The maximum Gasteiger partial charge on any atom is 0.248 e. The van der Waals surface area contributed by atoms with Gasteiger partial charge in [-0.15, -0.1) is 0 Å². The summed E-state index contributed by atoms with van der Waals surface area (Å²) in [5.41, 5.74) is 3.91. The third kappa shape index (κ3) is 4.38. The highest BCUT2D eigenvalue weighted by Gasteiger charge is 2.05. The van der Waals surface area contributed by atoms with E-state index < -0.39 is 0 Å². The average Bonchev–Trinajstić information content (AvgIpc) is 2.58. The van der Waals surface area contributed by atoms with Gasteiger partial charge < -0.3 is 14.8 Å². The normalized spacial score (nSPS) is 10.7. The summed E-state index contributed by atoms with van der Waals surface area (Å²) in [6, 6.07) is 11.4. The standard InChI is InChI=1S/C20H23NO3/c1-5-24-18-11-9-16(13-19(18)23-4)10-12-20(22)21-17-8-6-7-14(2)15(17)3/h6-13H,5H2,1-4H3,(H,21,22)/b12-10+. The number of methoxy groups -OCH3 is 1. The second-order valence-electron chi connectivity index (χ2n) is 5.41. The van der Waals surface area contributed by atoms with E-state index in [2.05, 4.69) is 5.32 Å². The van der Waals surface area contributed by atoms with Crippen LogP contribution in [0.3, 0.4) is 0 Å². The number of aryl methyl sites for hydroxylation is 1. The van der Waals surface area contributed by atoms with E-state index in [1.54, 1.807) is 13.2 Å². The van der Waals surface area contributed by atoms with Gasteiger partial charge >= 0.3 is 0 Å². The zero-order valence-corrected chi connectivity index (χ0v) is 14.6. The number of amides is 1. The molecular formula is C20H23NO3. The topological polar surface area (TPSA) is 47.6 Å². The number of carbonyl (C=O) groups excluding carboxylic acids is 1. The zero-order valence-electron chi connectivity index (χ0n) is 14.6. The van der Waals surface area contributed by atoms with Crippen LogP contribution in [0.25, 0.3) is 6.08 Å². The lowest BCUT2D eigenvalue weighted by Gasteiger charge is -2.10. The van der Waals surface area contributed by atoms with E-state index in [-0.39, 0.29) is 5.91 Å². The van der Waals surface area contributed by atoms with Crippen LogP contribution in [-0.4, -0.2) is 19.6 Å². The van der Waals surface area contributed by atoms with Crippen LogP contribution in [0.2, 0.25) is 0 Å². The number of rotatable bonds is 6. The maximum absolute atomic E-state index is 12.1. The molecule has 0 saturated carbocycles. The van der Waals surface area contributed by atoms with Gasteiger partial charge in [0.25, 0.3) is 0 Å². The molecule has 1 amide bonds. The fourth-order valence-corrected chi connectivity index (χ4v) is 2.30. The van der Waals surface area contributed by atoms with Crippen LogP contribution in [0.5, 0.6) is 11.5 Å². The number of ether oxygens (including phenoxy) is 2. The molecule has 0 saturated heterocycles. The summed E-state index contributed by atoms with van der Waals surface area (Å²) in [4.78, 5) is 12.1. The SMILES string of the molecule is CCOc1ccc(/C=C/C(=O)Nc2cccc(C)c2C)cc1OC. The lowest BCUT2D eigenvalue weighted by atomic mass is 10.1. The Morgan fingerprint density at radius 2 is 1.96 bits per heavy atom. The van der Waals surface area contributed by atoms with E-state index in [4.69, 9.17) is 9.47 Å². The third-order valence-corrected chi connectivity index (χ3v) is 3.78. The number of nitrogens with one attached hydrogen (secondary N) is 1. The Bertz CT molecular complexity index is 751. The Balaban J connectivity index is 2.10. The Labute approximate surface area is 143 Å². The molecule has 126 valence electrons. The highest BCUT2D eigenvalue weighted by molar-refractivity contribution is 6.02. The van der Waals surface area contributed by atoms with Crippen molar-refractivity contribution in [3.63, 3.8) is 0 Å². The molecule has 0 bridgehead atoms. The lowest BCUT2D eigenvalue weighted by molar-refractivity contribution is -0.111. The summed E-state index contributed by atoms with van der Waals surface area (Å²) in [7, 11) is 1.60. The van der Waals surface area contributed by atoms with E-state index in [0.717, 1.165) is 22.4 Å². The fraction of sp³-hybridized carbons (Fsp3) is 0.250. The summed E-state index contributed by atoms with van der Waals surface area (Å²) in [5.74, 6) is 1.17. The minimum absolute atomic E-state index is 0.170. The average molecular weight is 325 g/mol. The molecule has 0 radical (unpaired) electrons. The van der Waals surface area contributed by atoms with Crippen molar-refractivity contribution in [2.75, 3.05) is 19.0 Å². The summed E-state index contributed by atoms with van der Waals surface area (Å²) >= 11 is 0. The van der Waals surface area contributed by atoms with Gasteiger partial charge in [-0.3, -0.25) is 4.79 Å². The van der Waals surface area contributed by atoms with Crippen molar-refractivity contribution in [3.05, 3.63) is 59.2 Å². The van der Waals surface area contributed by atoms with Crippen LogP contribution in [0.15, 0.2) is 42.5 Å². The van der Waals surface area contributed by atoms with Crippen molar-refractivity contribution < 1.29 is 14.3 Å². The van der Waals surface area contributed by atoms with E-state index >= 15 is 0 Å². The quantitative estimate of drug-likeness (QED) is 0.803. The van der Waals surface area contributed by atoms with Gasteiger partial charge in [0.2, 0.25) is 5.91 Å². The van der Waals surface area contributed by atoms with Gasteiger partial charge in [-0.1, -0.05) is 18.2 Å². The molecule has 2 rings (SSSR count). The molecule has 24 heavy (non-hydrogen) atoms. The number of benzene rings is 2. The third-order valence-electron chi connectivity index (χ3n) is 3.78. The van der Waals surface area contributed by atoms with E-state index in [1.807, 2.05) is 57.2 Å². The van der Waals surface area contributed by atoms with Gasteiger partial charge in [-0.05, 0) is 61.7 Å². The molecule has 0 aliphatic carbocycles. The van der Waals surface area contributed by atoms with Crippen molar-refractivity contribution in [1.29, 1.82) is 0 Å². The van der Waals surface area contributed by atoms with E-state index in [1.165, 1.54) is 6.08 Å². The van der Waals surface area contributed by atoms with Gasteiger partial charge in [0, 0.05) is 11.8 Å². The summed E-state index contributed by atoms with van der Waals surface area (Å²) in [6.45, 7) is 6.51. The van der Waals surface area contributed by atoms with Crippen LogP contribution < -0.4 is 14.8 Å². The number of hydrogen-bond donors (Lipinski definition) is 1. The minimum atomic E-state index is -0.170. The van der Waals surface area contributed by atoms with E-state index in [9.17, 15) is 4.79 Å². The number of hydrogen-bond acceptors (Lipinski definition) is 3. The molecule has 0 aromatic heterocycles. The first-order valence-electron chi connectivity index (χ1n) is 7.91. The zero-order chi connectivity index (χ0) is 17.5. The number of anilines is 1. The van der Waals surface area contributed by atoms with Crippen molar-refractivity contribution in [2.24, 2.45) is 0 Å². The maximum atomic E-state index is 12.1. The van der Waals surface area contributed by atoms with E-state index in [0.29, 0.717) is 18.1 Å². The Morgan fingerprint density at radius 3 is 2.67 bits per heavy atom. The highest BCUT2D eigenvalue weighted by Crippen LogP contribution is 2.28. The van der Waals surface area contributed by atoms with Crippen LogP contribution in [0.1, 0.15) is 23.6 Å². The Hall–Kier alpha value is -2.75. The smallest absolute Gasteiger partial charge is 0.248 e. The molecular weight excluding hydrogens is 302 g/mol. The lowest BCUT2D eigenvalue weighted by Crippen LogP contribution is -2.09. The molecule has 0 atom stereocenters. The van der Waals surface area contributed by atoms with Crippen LogP contribution >= 0.6 is 0 Å². The predicted molar refractivity (Wildman–Crippen MR) is 97.7 cm³/mol. The molecule has 0 aliphatic heterocycles. The molecule has 2 aromatic carbocycles. The Morgan fingerprint density at radius 1 is 1.17 bits per heavy atom. The highest BCUT2D eigenvalue weighted by atomic mass is 16.5. The molecule has 4 heteroatoms. The second kappa shape index (κ2) is 8.20. The largest absolute Gasteiger partial charge is 0.493 e. The first-order chi connectivity index (χ1) is 11.5. The van der Waals surface area contributed by atoms with Crippen LogP contribution in [0.4, 0.5) is 5.69 Å². The minimum Gasteiger partial charge on any atom is -0.493 e. The second-order valence-corrected chi connectivity index (χ2v) is 5.41. The van der Waals surface area contributed by atoms with Crippen LogP contribution in [0, 0.1) is 13.8 Å². The van der Waals surface area contributed by atoms with Gasteiger partial charge in [0.15, 0.2) is 11.5 Å². The van der Waals surface area contributed by atoms with Crippen molar-refractivity contribution in [2.45, 2.75) is 20.8 Å². The van der Waals surface area contributed by atoms with Crippen LogP contribution in [-0.2, 0) is 4.79 Å². The molecule has 0 unspecified atom stereocenters. The number of carbonyl (C=O) groups is 1. The molecule has 4 nitrogen and oxygen atoms in total. The molecule has 1 N–H and O–H groups in total.